The van der Waals surface area contributed by atoms with Gasteiger partial charge in [0.1, 0.15) is 0 Å². The molecule has 2 aliphatic heterocycles. The molecule has 0 spiro atoms. The van der Waals surface area contributed by atoms with E-state index in [2.05, 4.69) is 11.8 Å². The van der Waals surface area contributed by atoms with Crippen LogP contribution in [0.25, 0.3) is 0 Å². The number of rotatable bonds is 3. The molecule has 2 unspecified atom stereocenters. The number of nitrogens with two attached hydrogens (primary N) is 1. The molecule has 0 saturated carbocycles. The molecule has 2 heterocycles. The molecule has 2 atom stereocenters. The Kier molecular flexibility index (Phi) is 5.19. The van der Waals surface area contributed by atoms with Crippen LogP contribution in [0.4, 0.5) is 0 Å². The van der Waals surface area contributed by atoms with E-state index < -0.39 is 0 Å². The van der Waals surface area contributed by atoms with Crippen LogP contribution in [0, 0.1) is 5.92 Å². The second-order valence-corrected chi connectivity index (χ2v) is 5.99. The van der Waals surface area contributed by atoms with Crippen LogP contribution >= 0.6 is 0 Å². The summed E-state index contributed by atoms with van der Waals surface area (Å²) in [5, 5.41) is 0. The average Bonchev–Trinajstić information content (AvgIpc) is 2.42. The van der Waals surface area contributed by atoms with Gasteiger partial charge in [-0.3, -0.25) is 9.69 Å². The highest BCUT2D eigenvalue weighted by Crippen LogP contribution is 2.20. The van der Waals surface area contributed by atoms with Crippen molar-refractivity contribution in [3.8, 4) is 0 Å². The first-order valence-electron chi connectivity index (χ1n) is 7.38. The number of piperidine rings is 2. The molecule has 0 aromatic heterocycles. The Morgan fingerprint density at radius 2 is 1.95 bits per heavy atom. The van der Waals surface area contributed by atoms with Crippen molar-refractivity contribution in [1.29, 1.82) is 0 Å². The summed E-state index contributed by atoms with van der Waals surface area (Å²) in [6.07, 6.45) is 3.23. The van der Waals surface area contributed by atoms with Gasteiger partial charge in [0, 0.05) is 39.3 Å². The first kappa shape index (κ1) is 14.8. The molecule has 0 radical (unpaired) electrons. The lowest BCUT2D eigenvalue weighted by atomic mass is 9.96. The van der Waals surface area contributed by atoms with Gasteiger partial charge in [-0.15, -0.1) is 0 Å². The Hall–Kier alpha value is -0.650. The van der Waals surface area contributed by atoms with E-state index in [9.17, 15) is 4.79 Å². The molecule has 2 rings (SSSR count). The molecule has 0 bridgehead atoms. The van der Waals surface area contributed by atoms with E-state index in [0.717, 1.165) is 45.4 Å². The number of carbonyl (C=O) groups excluding carboxylic acids is 1. The van der Waals surface area contributed by atoms with Crippen molar-refractivity contribution in [1.82, 2.24) is 9.80 Å². The van der Waals surface area contributed by atoms with Crippen LogP contribution in [0.1, 0.15) is 26.2 Å². The normalized spacial score (nSPS) is 30.6. The van der Waals surface area contributed by atoms with Crippen LogP contribution in [0.2, 0.25) is 0 Å². The van der Waals surface area contributed by atoms with Crippen LogP contribution in [-0.2, 0) is 9.53 Å². The second-order valence-electron chi connectivity index (χ2n) is 5.99. The number of ether oxygens (including phenoxy) is 1. The third-order valence-electron chi connectivity index (χ3n) is 4.54. The lowest BCUT2D eigenvalue weighted by molar-refractivity contribution is -0.137. The van der Waals surface area contributed by atoms with Gasteiger partial charge in [0.05, 0.1) is 12.6 Å². The predicted octanol–water partition coefficient (Wildman–Crippen LogP) is 0.293. The first-order chi connectivity index (χ1) is 9.10. The van der Waals surface area contributed by atoms with Gasteiger partial charge in [0.25, 0.3) is 0 Å². The zero-order chi connectivity index (χ0) is 13.8. The minimum absolute atomic E-state index is 0.187. The quantitative estimate of drug-likeness (QED) is 0.800. The molecule has 19 heavy (non-hydrogen) atoms. The number of hydrogen-bond acceptors (Lipinski definition) is 4. The summed E-state index contributed by atoms with van der Waals surface area (Å²) >= 11 is 0. The molecule has 2 fully saturated rings. The minimum Gasteiger partial charge on any atom is -0.379 e. The molecule has 2 saturated heterocycles. The highest BCUT2D eigenvalue weighted by Gasteiger charge is 2.29. The fraction of sp³-hybridized carbons (Fsp3) is 0.929. The Balaban J connectivity index is 1.80. The fourth-order valence-electron chi connectivity index (χ4n) is 2.97. The summed E-state index contributed by atoms with van der Waals surface area (Å²) in [6.45, 7) is 6.24. The molecular weight excluding hydrogens is 242 g/mol. The van der Waals surface area contributed by atoms with Crippen molar-refractivity contribution in [2.75, 3.05) is 39.8 Å². The predicted molar refractivity (Wildman–Crippen MR) is 74.8 cm³/mol. The van der Waals surface area contributed by atoms with E-state index in [-0.39, 0.29) is 12.0 Å². The van der Waals surface area contributed by atoms with E-state index in [0.29, 0.717) is 18.5 Å². The molecule has 0 aliphatic carbocycles. The Morgan fingerprint density at radius 1 is 1.26 bits per heavy atom. The summed E-state index contributed by atoms with van der Waals surface area (Å²) in [6, 6.07) is 0.320. The highest BCUT2D eigenvalue weighted by atomic mass is 16.5. The largest absolute Gasteiger partial charge is 0.379 e. The number of carbonyl (C=O) groups is 1. The molecule has 2 aliphatic rings. The summed E-state index contributed by atoms with van der Waals surface area (Å²) in [5.74, 6) is 0.784. The van der Waals surface area contributed by atoms with Crippen molar-refractivity contribution in [3.63, 3.8) is 0 Å². The zero-order valence-electron chi connectivity index (χ0n) is 12.2. The number of methoxy groups -OCH3 is 1. The standard InChI is InChI=1S/C14H27N3O2/c1-11-3-8-17(9-13(11)19-2)14(18)10-16-6-4-12(15)5-7-16/h11-13H,3-10,15H2,1-2H3. The van der Waals surface area contributed by atoms with Crippen LogP contribution in [0.5, 0.6) is 0 Å². The van der Waals surface area contributed by atoms with Gasteiger partial charge in [-0.2, -0.15) is 0 Å². The Labute approximate surface area is 116 Å². The lowest BCUT2D eigenvalue weighted by Gasteiger charge is -2.38. The zero-order valence-corrected chi connectivity index (χ0v) is 12.2. The molecule has 5 nitrogen and oxygen atoms in total. The molecule has 5 heteroatoms. The van der Waals surface area contributed by atoms with Gasteiger partial charge in [0.2, 0.25) is 5.91 Å². The summed E-state index contributed by atoms with van der Waals surface area (Å²) in [7, 11) is 1.74. The Morgan fingerprint density at radius 3 is 2.58 bits per heavy atom. The van der Waals surface area contributed by atoms with E-state index >= 15 is 0 Å². The maximum absolute atomic E-state index is 12.3. The van der Waals surface area contributed by atoms with Gasteiger partial charge in [-0.25, -0.2) is 0 Å². The average molecular weight is 269 g/mol. The van der Waals surface area contributed by atoms with E-state index in [1.54, 1.807) is 7.11 Å². The monoisotopic (exact) mass is 269 g/mol. The third-order valence-corrected chi connectivity index (χ3v) is 4.54. The SMILES string of the molecule is COC1CN(C(=O)CN2CCC(N)CC2)CCC1C. The summed E-state index contributed by atoms with van der Waals surface area (Å²) in [4.78, 5) is 16.5. The summed E-state index contributed by atoms with van der Waals surface area (Å²) < 4.78 is 5.46. The van der Waals surface area contributed by atoms with Gasteiger partial charge in [-0.1, -0.05) is 6.92 Å². The van der Waals surface area contributed by atoms with Crippen LogP contribution in [0.15, 0.2) is 0 Å². The first-order valence-corrected chi connectivity index (χ1v) is 7.38. The number of amides is 1. The third kappa shape index (κ3) is 3.91. The molecule has 110 valence electrons. The van der Waals surface area contributed by atoms with Gasteiger partial charge in [0.15, 0.2) is 0 Å². The van der Waals surface area contributed by atoms with Crippen LogP contribution in [0.3, 0.4) is 0 Å². The maximum Gasteiger partial charge on any atom is 0.236 e. The molecule has 2 N–H and O–H groups in total. The van der Waals surface area contributed by atoms with Gasteiger partial charge >= 0.3 is 0 Å². The van der Waals surface area contributed by atoms with E-state index in [1.165, 1.54) is 0 Å². The van der Waals surface area contributed by atoms with Crippen molar-refractivity contribution in [2.45, 2.75) is 38.3 Å². The van der Waals surface area contributed by atoms with Crippen LogP contribution in [-0.4, -0.2) is 67.7 Å². The van der Waals surface area contributed by atoms with Gasteiger partial charge < -0.3 is 15.4 Å². The maximum atomic E-state index is 12.3. The number of nitrogens with zero attached hydrogens (tertiary/aromatic N) is 2. The van der Waals surface area contributed by atoms with Crippen molar-refractivity contribution in [2.24, 2.45) is 11.7 Å². The smallest absolute Gasteiger partial charge is 0.236 e. The molecule has 0 aromatic rings. The van der Waals surface area contributed by atoms with E-state index in [4.69, 9.17) is 10.5 Å². The van der Waals surface area contributed by atoms with Crippen molar-refractivity contribution < 1.29 is 9.53 Å². The van der Waals surface area contributed by atoms with E-state index in [1.807, 2.05) is 4.90 Å². The van der Waals surface area contributed by atoms with Crippen molar-refractivity contribution >= 4 is 5.91 Å². The molecule has 0 aromatic carbocycles. The van der Waals surface area contributed by atoms with Gasteiger partial charge in [-0.05, 0) is 25.2 Å². The van der Waals surface area contributed by atoms with Crippen molar-refractivity contribution in [3.05, 3.63) is 0 Å². The second kappa shape index (κ2) is 6.68. The number of hydrogen-bond donors (Lipinski definition) is 1. The minimum atomic E-state index is 0.187. The molecular formula is C14H27N3O2. The summed E-state index contributed by atoms with van der Waals surface area (Å²) in [5.41, 5.74) is 5.88. The highest BCUT2D eigenvalue weighted by molar-refractivity contribution is 5.78. The molecule has 1 amide bonds. The Bertz CT molecular complexity index is 303. The number of likely N-dealkylation sites (tertiary alicyclic amines) is 2. The topological polar surface area (TPSA) is 58.8 Å². The van der Waals surface area contributed by atoms with Crippen LogP contribution < -0.4 is 5.73 Å². The lowest BCUT2D eigenvalue weighted by Crippen LogP contribution is -2.51. The fourth-order valence-corrected chi connectivity index (χ4v) is 2.97.